The topological polar surface area (TPSA) is 95.6 Å². The monoisotopic (exact) mass is 316 g/mol. The van der Waals surface area contributed by atoms with Gasteiger partial charge in [-0.25, -0.2) is 4.79 Å². The molecule has 0 saturated heterocycles. The van der Waals surface area contributed by atoms with Crippen LogP contribution in [0, 0.1) is 17.3 Å². The minimum Gasteiger partial charge on any atom is -0.332 e. The quantitative estimate of drug-likeness (QED) is 0.742. The zero-order chi connectivity index (χ0) is 16.2. The van der Waals surface area contributed by atoms with E-state index in [9.17, 15) is 4.79 Å². The van der Waals surface area contributed by atoms with Gasteiger partial charge in [0.25, 0.3) is 0 Å². The van der Waals surface area contributed by atoms with Crippen LogP contribution in [0.15, 0.2) is 12.2 Å². The smallest absolute Gasteiger partial charge is 0.316 e. The number of carbonyl (C=O) groups is 1. The number of amides is 2. The molecule has 4 saturated carbocycles. The van der Waals surface area contributed by atoms with Crippen molar-refractivity contribution in [3.05, 3.63) is 18.0 Å². The number of fused-ring (bicyclic) bond motifs is 2. The van der Waals surface area contributed by atoms with Crippen LogP contribution in [0.4, 0.5) is 4.79 Å². The fraction of sp³-hybridized carbons (Fsp3) is 0.750. The minimum absolute atomic E-state index is 0.0779. The Balaban J connectivity index is 1.41. The molecule has 1 unspecified atom stereocenters. The number of carbonyl (C=O) groups excluding carboxylic acids is 1. The van der Waals surface area contributed by atoms with Crippen LogP contribution in [0.1, 0.15) is 51.8 Å². The number of rotatable bonds is 3. The van der Waals surface area contributed by atoms with Crippen LogP contribution >= 0.6 is 0 Å². The predicted molar refractivity (Wildman–Crippen MR) is 84.3 cm³/mol. The number of H-pyrrole nitrogens is 1. The summed E-state index contributed by atoms with van der Waals surface area (Å²) in [6.45, 7) is 8.89. The maximum Gasteiger partial charge on any atom is 0.316 e. The summed E-state index contributed by atoms with van der Waals surface area (Å²) in [7, 11) is 0. The van der Waals surface area contributed by atoms with Crippen molar-refractivity contribution in [3.8, 4) is 0 Å². The molecule has 23 heavy (non-hydrogen) atoms. The largest absolute Gasteiger partial charge is 0.332 e. The Bertz CT molecular complexity index is 633. The molecule has 0 radical (unpaired) electrons. The Labute approximate surface area is 135 Å². The average molecular weight is 316 g/mol. The second-order valence-corrected chi connectivity index (χ2v) is 7.94. The van der Waals surface area contributed by atoms with Gasteiger partial charge in [0, 0.05) is 0 Å². The molecule has 3 atom stereocenters. The van der Waals surface area contributed by atoms with E-state index in [0.717, 1.165) is 25.7 Å². The Morgan fingerprint density at radius 2 is 2.13 bits per heavy atom. The zero-order valence-electron chi connectivity index (χ0n) is 13.7. The van der Waals surface area contributed by atoms with Crippen LogP contribution in [0.2, 0.25) is 0 Å². The lowest BCUT2D eigenvalue weighted by molar-refractivity contribution is -0.0370. The molecular weight excluding hydrogens is 292 g/mol. The van der Waals surface area contributed by atoms with E-state index in [1.54, 1.807) is 0 Å². The number of hydrogen-bond acceptors (Lipinski definition) is 4. The maximum atomic E-state index is 12.5. The number of nitrogens with one attached hydrogen (secondary N) is 3. The number of aromatic nitrogens is 4. The summed E-state index contributed by atoms with van der Waals surface area (Å²) in [5, 5.41) is 20.4. The maximum absolute atomic E-state index is 12.5. The first kappa shape index (κ1) is 14.7. The van der Waals surface area contributed by atoms with Crippen molar-refractivity contribution >= 4 is 6.03 Å². The summed E-state index contributed by atoms with van der Waals surface area (Å²) in [5.74, 6) is 1.78. The Kier molecular flexibility index (Phi) is 3.05. The highest BCUT2D eigenvalue weighted by molar-refractivity contribution is 5.76. The van der Waals surface area contributed by atoms with E-state index in [1.165, 1.54) is 12.0 Å². The number of hydrogen-bond donors (Lipinski definition) is 3. The van der Waals surface area contributed by atoms with Crippen molar-refractivity contribution in [2.45, 2.75) is 57.5 Å². The molecule has 0 spiro atoms. The molecule has 7 heteroatoms. The fourth-order valence-corrected chi connectivity index (χ4v) is 4.59. The first-order valence-corrected chi connectivity index (χ1v) is 8.44. The van der Waals surface area contributed by atoms with Crippen LogP contribution < -0.4 is 10.6 Å². The first-order chi connectivity index (χ1) is 10.9. The van der Waals surface area contributed by atoms with Crippen LogP contribution in [0.5, 0.6) is 0 Å². The van der Waals surface area contributed by atoms with Gasteiger partial charge < -0.3 is 10.6 Å². The lowest BCUT2D eigenvalue weighted by Crippen LogP contribution is -2.61. The first-order valence-electron chi connectivity index (χ1n) is 8.44. The van der Waals surface area contributed by atoms with Gasteiger partial charge in [-0.3, -0.25) is 0 Å². The highest BCUT2D eigenvalue weighted by atomic mass is 16.2. The summed E-state index contributed by atoms with van der Waals surface area (Å²) in [4.78, 5) is 12.5. The van der Waals surface area contributed by atoms with Gasteiger partial charge in [-0.05, 0) is 49.4 Å². The lowest BCUT2D eigenvalue weighted by Gasteiger charge is -2.60. The molecule has 0 aliphatic heterocycles. The van der Waals surface area contributed by atoms with E-state index in [-0.39, 0.29) is 12.1 Å². The standard InChI is InChI=1S/C16H24N6O/c1-9-11-7-10(15(11,2)3)8-12(9)17-14(23)18-16(5-4-6-16)13-19-21-22-20-13/h10-12H,1,4-8H2,2-3H3,(H2,17,18,23)(H,19,20,21,22)/t10-,11+,12?/m1/s1. The Hall–Kier alpha value is -1.92. The molecule has 5 rings (SSSR count). The Morgan fingerprint density at radius 1 is 1.35 bits per heavy atom. The number of nitrogens with zero attached hydrogens (tertiary/aromatic N) is 3. The molecular formula is C16H24N6O. The number of urea groups is 1. The Morgan fingerprint density at radius 3 is 2.65 bits per heavy atom. The molecule has 0 aromatic carbocycles. The van der Waals surface area contributed by atoms with Crippen molar-refractivity contribution in [1.29, 1.82) is 0 Å². The highest BCUT2D eigenvalue weighted by Crippen LogP contribution is 2.60. The van der Waals surface area contributed by atoms with Crippen molar-refractivity contribution in [3.63, 3.8) is 0 Å². The number of tetrazole rings is 1. The third-order valence-electron chi connectivity index (χ3n) is 6.52. The van der Waals surface area contributed by atoms with E-state index < -0.39 is 5.54 Å². The van der Waals surface area contributed by atoms with E-state index in [1.807, 2.05) is 0 Å². The van der Waals surface area contributed by atoms with Crippen molar-refractivity contribution in [1.82, 2.24) is 31.3 Å². The van der Waals surface area contributed by atoms with E-state index in [4.69, 9.17) is 0 Å². The molecule has 3 N–H and O–H groups in total. The van der Waals surface area contributed by atoms with Gasteiger partial charge in [-0.1, -0.05) is 31.2 Å². The summed E-state index contributed by atoms with van der Waals surface area (Å²) in [5.41, 5.74) is 1.05. The minimum atomic E-state index is -0.463. The van der Waals surface area contributed by atoms with Crippen molar-refractivity contribution in [2.75, 3.05) is 0 Å². The third kappa shape index (κ3) is 2.09. The van der Waals surface area contributed by atoms with Crippen LogP contribution in [-0.2, 0) is 5.54 Å². The lowest BCUT2D eigenvalue weighted by atomic mass is 9.46. The van der Waals surface area contributed by atoms with Gasteiger partial charge >= 0.3 is 6.03 Å². The van der Waals surface area contributed by atoms with Crippen LogP contribution in [0.3, 0.4) is 0 Å². The highest BCUT2D eigenvalue weighted by Gasteiger charge is 2.55. The molecule has 1 aromatic heterocycles. The van der Waals surface area contributed by atoms with Gasteiger partial charge in [-0.2, -0.15) is 5.21 Å². The van der Waals surface area contributed by atoms with E-state index >= 15 is 0 Å². The summed E-state index contributed by atoms with van der Waals surface area (Å²) >= 11 is 0. The molecule has 124 valence electrons. The number of aromatic amines is 1. The summed E-state index contributed by atoms with van der Waals surface area (Å²) in [6, 6.07) is -0.0751. The van der Waals surface area contributed by atoms with E-state index in [0.29, 0.717) is 23.1 Å². The third-order valence-corrected chi connectivity index (χ3v) is 6.52. The van der Waals surface area contributed by atoms with Gasteiger partial charge in [0.15, 0.2) is 5.82 Å². The van der Waals surface area contributed by atoms with Crippen molar-refractivity contribution in [2.24, 2.45) is 17.3 Å². The molecule has 4 aliphatic carbocycles. The van der Waals surface area contributed by atoms with Gasteiger partial charge in [0.1, 0.15) is 5.54 Å². The van der Waals surface area contributed by atoms with Gasteiger partial charge in [0.2, 0.25) is 0 Å². The molecule has 1 heterocycles. The predicted octanol–water partition coefficient (Wildman–Crippen LogP) is 1.87. The summed E-state index contributed by atoms with van der Waals surface area (Å²) < 4.78 is 0. The molecule has 2 amide bonds. The molecule has 1 aromatic rings. The van der Waals surface area contributed by atoms with Crippen LogP contribution in [0.25, 0.3) is 0 Å². The second-order valence-electron chi connectivity index (χ2n) is 7.94. The van der Waals surface area contributed by atoms with Gasteiger partial charge in [0.05, 0.1) is 6.04 Å². The molecule has 7 nitrogen and oxygen atoms in total. The zero-order valence-corrected chi connectivity index (χ0v) is 13.7. The SMILES string of the molecule is C=C1C(NC(=O)NC2(c3nn[nH]n3)CCC2)C[C@H]2C[C@@H]1C2(C)C. The van der Waals surface area contributed by atoms with Gasteiger partial charge in [-0.15, -0.1) is 10.2 Å². The normalized spacial score (nSPS) is 33.3. The van der Waals surface area contributed by atoms with Crippen molar-refractivity contribution < 1.29 is 4.79 Å². The average Bonchev–Trinajstić information content (AvgIpc) is 2.98. The molecule has 4 fully saturated rings. The van der Waals surface area contributed by atoms with Crippen LogP contribution in [-0.4, -0.2) is 32.7 Å². The fourth-order valence-electron chi connectivity index (χ4n) is 4.59. The second kappa shape index (κ2) is 4.79. The molecule has 2 bridgehead atoms. The van der Waals surface area contributed by atoms with E-state index in [2.05, 4.69) is 51.7 Å². The summed E-state index contributed by atoms with van der Waals surface area (Å²) in [6.07, 6.45) is 4.97. The molecule has 4 aliphatic rings.